The molecule has 0 saturated carbocycles. The number of carbonyl (C=O) groups is 1. The smallest absolute Gasteiger partial charge is 0.273 e. The summed E-state index contributed by atoms with van der Waals surface area (Å²) in [6, 6.07) is 5.90. The SMILES string of the molecule is Cc1nc(Cl)sc1S(=O)(=O)Nc1cccc(C(N)=O)c1. The summed E-state index contributed by atoms with van der Waals surface area (Å²) in [6.07, 6.45) is 0. The number of primary amides is 1. The molecule has 20 heavy (non-hydrogen) atoms. The van der Waals surface area contributed by atoms with Crippen molar-refractivity contribution in [2.45, 2.75) is 11.1 Å². The Bertz CT molecular complexity index is 771. The maximum atomic E-state index is 12.2. The molecule has 9 heteroatoms. The maximum Gasteiger partial charge on any atom is 0.273 e. The summed E-state index contributed by atoms with van der Waals surface area (Å²) in [6.45, 7) is 1.55. The minimum absolute atomic E-state index is 0.0342. The predicted octanol–water partition coefficient (Wildman–Crippen LogP) is 2.00. The van der Waals surface area contributed by atoms with Gasteiger partial charge in [0.2, 0.25) is 5.91 Å². The molecule has 1 heterocycles. The molecule has 0 aliphatic rings. The molecule has 3 N–H and O–H groups in total. The van der Waals surface area contributed by atoms with Crippen molar-refractivity contribution >= 4 is 44.6 Å². The van der Waals surface area contributed by atoms with E-state index >= 15 is 0 Å². The zero-order valence-electron chi connectivity index (χ0n) is 10.3. The number of hydrogen-bond acceptors (Lipinski definition) is 5. The van der Waals surface area contributed by atoms with Gasteiger partial charge in [0.1, 0.15) is 0 Å². The normalized spacial score (nSPS) is 11.3. The zero-order chi connectivity index (χ0) is 14.9. The van der Waals surface area contributed by atoms with Crippen molar-refractivity contribution in [2.24, 2.45) is 5.73 Å². The molecule has 0 spiro atoms. The molecular formula is C11H10ClN3O3S2. The Kier molecular flexibility index (Phi) is 3.98. The second-order valence-electron chi connectivity index (χ2n) is 3.89. The van der Waals surface area contributed by atoms with Crippen LogP contribution < -0.4 is 10.5 Å². The summed E-state index contributed by atoms with van der Waals surface area (Å²) in [5, 5.41) is 0. The van der Waals surface area contributed by atoms with Crippen LogP contribution in [0.15, 0.2) is 28.5 Å². The molecule has 0 aliphatic carbocycles. The van der Waals surface area contributed by atoms with E-state index in [1.165, 1.54) is 24.3 Å². The molecule has 0 bridgehead atoms. The Balaban J connectivity index is 2.36. The molecule has 0 fully saturated rings. The number of aromatic nitrogens is 1. The van der Waals surface area contributed by atoms with Gasteiger partial charge in [-0.05, 0) is 25.1 Å². The first kappa shape index (κ1) is 14.8. The molecule has 2 rings (SSSR count). The largest absolute Gasteiger partial charge is 0.366 e. The number of rotatable bonds is 4. The molecule has 0 atom stereocenters. The van der Waals surface area contributed by atoms with Crippen molar-refractivity contribution in [3.8, 4) is 0 Å². The first-order valence-corrected chi connectivity index (χ1v) is 8.03. The number of carbonyl (C=O) groups excluding carboxylic acids is 1. The Labute approximate surface area is 124 Å². The summed E-state index contributed by atoms with van der Waals surface area (Å²) in [5.74, 6) is -0.636. The van der Waals surface area contributed by atoms with Crippen LogP contribution in [0.5, 0.6) is 0 Å². The standard InChI is InChI=1S/C11H10ClN3O3S2/c1-6-10(19-11(12)14-6)20(17,18)15-8-4-2-3-7(5-8)9(13)16/h2-5,15H,1H3,(H2,13,16). The van der Waals surface area contributed by atoms with Crippen LogP contribution in [0.25, 0.3) is 0 Å². The molecule has 0 unspecified atom stereocenters. The van der Waals surface area contributed by atoms with Gasteiger partial charge >= 0.3 is 0 Å². The summed E-state index contributed by atoms with van der Waals surface area (Å²) in [5.41, 5.74) is 5.91. The number of aryl methyl sites for hydroxylation is 1. The number of nitrogens with zero attached hydrogens (tertiary/aromatic N) is 1. The lowest BCUT2D eigenvalue weighted by atomic mass is 10.2. The minimum atomic E-state index is -3.80. The van der Waals surface area contributed by atoms with E-state index in [0.717, 1.165) is 11.3 Å². The first-order chi connectivity index (χ1) is 9.29. The summed E-state index contributed by atoms with van der Waals surface area (Å²) in [4.78, 5) is 14.9. The molecule has 6 nitrogen and oxygen atoms in total. The van der Waals surface area contributed by atoms with Crippen molar-refractivity contribution in [2.75, 3.05) is 4.72 Å². The number of benzene rings is 1. The third kappa shape index (κ3) is 3.09. The van der Waals surface area contributed by atoms with Crippen molar-refractivity contribution in [3.05, 3.63) is 40.0 Å². The molecule has 1 aromatic carbocycles. The monoisotopic (exact) mass is 331 g/mol. The van der Waals surface area contributed by atoms with E-state index in [0.29, 0.717) is 5.69 Å². The van der Waals surface area contributed by atoms with Gasteiger partial charge in [0.15, 0.2) is 8.68 Å². The fourth-order valence-corrected chi connectivity index (χ4v) is 4.33. The van der Waals surface area contributed by atoms with Crippen LogP contribution in [0.3, 0.4) is 0 Å². The minimum Gasteiger partial charge on any atom is -0.366 e. The van der Waals surface area contributed by atoms with Gasteiger partial charge in [-0.2, -0.15) is 0 Å². The van der Waals surface area contributed by atoms with E-state index in [1.54, 1.807) is 6.92 Å². The molecule has 2 aromatic rings. The van der Waals surface area contributed by atoms with E-state index in [9.17, 15) is 13.2 Å². The van der Waals surface area contributed by atoms with Gasteiger partial charge in [-0.25, -0.2) is 13.4 Å². The average molecular weight is 332 g/mol. The third-order valence-electron chi connectivity index (χ3n) is 2.37. The lowest BCUT2D eigenvalue weighted by Crippen LogP contribution is -2.14. The number of anilines is 1. The van der Waals surface area contributed by atoms with Gasteiger partial charge in [0.25, 0.3) is 10.0 Å². The van der Waals surface area contributed by atoms with Crippen LogP contribution in [-0.4, -0.2) is 19.3 Å². The molecular weight excluding hydrogens is 322 g/mol. The highest BCUT2D eigenvalue weighted by atomic mass is 35.5. The summed E-state index contributed by atoms with van der Waals surface area (Å²) >= 11 is 6.56. The van der Waals surface area contributed by atoms with Crippen LogP contribution in [0.2, 0.25) is 4.47 Å². The highest BCUT2D eigenvalue weighted by Gasteiger charge is 2.21. The molecule has 106 valence electrons. The molecule has 0 saturated heterocycles. The highest BCUT2D eigenvalue weighted by molar-refractivity contribution is 7.94. The average Bonchev–Trinajstić information content (AvgIpc) is 2.69. The van der Waals surface area contributed by atoms with Gasteiger partial charge in [-0.1, -0.05) is 29.0 Å². The lowest BCUT2D eigenvalue weighted by Gasteiger charge is -2.07. The topological polar surface area (TPSA) is 102 Å². The Morgan fingerprint density at radius 1 is 1.45 bits per heavy atom. The summed E-state index contributed by atoms with van der Waals surface area (Å²) in [7, 11) is -3.80. The van der Waals surface area contributed by atoms with Crippen LogP contribution in [0.1, 0.15) is 16.1 Å². The van der Waals surface area contributed by atoms with Gasteiger partial charge < -0.3 is 5.73 Å². The van der Waals surface area contributed by atoms with Crippen LogP contribution in [0.4, 0.5) is 5.69 Å². The predicted molar refractivity (Wildman–Crippen MR) is 77.6 cm³/mol. The second-order valence-corrected chi connectivity index (χ2v) is 7.35. The Hall–Kier alpha value is -1.64. The number of halogens is 1. The Morgan fingerprint density at radius 2 is 2.15 bits per heavy atom. The number of hydrogen-bond donors (Lipinski definition) is 2. The fourth-order valence-electron chi connectivity index (χ4n) is 1.54. The van der Waals surface area contributed by atoms with Crippen molar-refractivity contribution in [3.63, 3.8) is 0 Å². The third-order valence-corrected chi connectivity index (χ3v) is 5.62. The van der Waals surface area contributed by atoms with Gasteiger partial charge in [0.05, 0.1) is 5.69 Å². The van der Waals surface area contributed by atoms with E-state index in [-0.39, 0.29) is 19.9 Å². The van der Waals surface area contributed by atoms with E-state index in [4.69, 9.17) is 17.3 Å². The van der Waals surface area contributed by atoms with E-state index in [2.05, 4.69) is 9.71 Å². The summed E-state index contributed by atoms with van der Waals surface area (Å²) < 4.78 is 26.9. The number of amides is 1. The lowest BCUT2D eigenvalue weighted by molar-refractivity contribution is 0.100. The van der Waals surface area contributed by atoms with Crippen molar-refractivity contribution < 1.29 is 13.2 Å². The number of sulfonamides is 1. The number of nitrogens with one attached hydrogen (secondary N) is 1. The maximum absolute atomic E-state index is 12.2. The van der Waals surface area contributed by atoms with Gasteiger partial charge in [-0.15, -0.1) is 0 Å². The van der Waals surface area contributed by atoms with Crippen LogP contribution in [-0.2, 0) is 10.0 Å². The van der Waals surface area contributed by atoms with Gasteiger partial charge in [0, 0.05) is 11.3 Å². The highest BCUT2D eigenvalue weighted by Crippen LogP contribution is 2.28. The fraction of sp³-hybridized carbons (Fsp3) is 0.0909. The van der Waals surface area contributed by atoms with Crippen LogP contribution >= 0.6 is 22.9 Å². The molecule has 0 radical (unpaired) electrons. The van der Waals surface area contributed by atoms with E-state index in [1.807, 2.05) is 0 Å². The number of nitrogens with two attached hydrogens (primary N) is 1. The van der Waals surface area contributed by atoms with Crippen molar-refractivity contribution in [1.29, 1.82) is 0 Å². The second kappa shape index (κ2) is 5.39. The molecule has 0 aliphatic heterocycles. The molecule has 1 amide bonds. The quantitative estimate of drug-likeness (QED) is 0.894. The first-order valence-electron chi connectivity index (χ1n) is 5.35. The Morgan fingerprint density at radius 3 is 2.70 bits per heavy atom. The molecule has 1 aromatic heterocycles. The number of thiazole rings is 1. The van der Waals surface area contributed by atoms with Gasteiger partial charge in [-0.3, -0.25) is 9.52 Å². The van der Waals surface area contributed by atoms with E-state index < -0.39 is 15.9 Å². The van der Waals surface area contributed by atoms with Crippen molar-refractivity contribution in [1.82, 2.24) is 4.98 Å². The zero-order valence-corrected chi connectivity index (χ0v) is 12.6. The van der Waals surface area contributed by atoms with Crippen LogP contribution in [0, 0.1) is 6.92 Å².